The van der Waals surface area contributed by atoms with E-state index in [9.17, 15) is 4.79 Å². The van der Waals surface area contributed by atoms with E-state index in [0.29, 0.717) is 17.9 Å². The number of methoxy groups -OCH3 is 1. The number of benzene rings is 1. The quantitative estimate of drug-likeness (QED) is 0.608. The Balaban J connectivity index is 2.92. The lowest BCUT2D eigenvalue weighted by Gasteiger charge is -2.12. The highest BCUT2D eigenvalue weighted by atomic mass is 16.5. The number of aryl methyl sites for hydroxylation is 2. The monoisotopic (exact) mass is 235 g/mol. The number of Topliss-reactive ketones (excluding diaryl/α,β-unsaturated/α-hetero) is 1. The Morgan fingerprint density at radius 2 is 2.06 bits per heavy atom. The van der Waals surface area contributed by atoms with Gasteiger partial charge in [-0.2, -0.15) is 0 Å². The van der Waals surface area contributed by atoms with Gasteiger partial charge in [0.25, 0.3) is 0 Å². The minimum atomic E-state index is 0.0906. The molecule has 0 bridgehead atoms. The summed E-state index contributed by atoms with van der Waals surface area (Å²) in [6, 6.07) is 3.91. The zero-order valence-electron chi connectivity index (χ0n) is 11.1. The zero-order chi connectivity index (χ0) is 12.8. The molecule has 1 rings (SSSR count). The van der Waals surface area contributed by atoms with E-state index in [0.717, 1.165) is 24.1 Å². The molecule has 0 radical (unpaired) electrons. The van der Waals surface area contributed by atoms with E-state index in [4.69, 9.17) is 4.74 Å². The third kappa shape index (κ3) is 3.56. The predicted molar refractivity (Wildman–Crippen MR) is 70.0 cm³/mol. The first kappa shape index (κ1) is 13.7. The van der Waals surface area contributed by atoms with E-state index in [2.05, 4.69) is 12.2 Å². The molecule has 1 N–H and O–H groups in total. The van der Waals surface area contributed by atoms with Crippen molar-refractivity contribution in [2.24, 2.45) is 0 Å². The van der Waals surface area contributed by atoms with E-state index in [1.165, 1.54) is 0 Å². The second-order valence-electron chi connectivity index (χ2n) is 4.26. The summed E-state index contributed by atoms with van der Waals surface area (Å²) in [5, 5.41) is 3.12. The van der Waals surface area contributed by atoms with Gasteiger partial charge in [-0.1, -0.05) is 13.0 Å². The Morgan fingerprint density at radius 3 is 2.65 bits per heavy atom. The van der Waals surface area contributed by atoms with Gasteiger partial charge in [0.05, 0.1) is 19.2 Å². The van der Waals surface area contributed by atoms with Gasteiger partial charge in [-0.25, -0.2) is 0 Å². The summed E-state index contributed by atoms with van der Waals surface area (Å²) in [5.74, 6) is 0.763. The van der Waals surface area contributed by atoms with Crippen molar-refractivity contribution in [1.29, 1.82) is 0 Å². The molecule has 0 aliphatic heterocycles. The summed E-state index contributed by atoms with van der Waals surface area (Å²) >= 11 is 0. The molecular weight excluding hydrogens is 214 g/mol. The molecule has 0 unspecified atom stereocenters. The zero-order valence-corrected chi connectivity index (χ0v) is 11.1. The van der Waals surface area contributed by atoms with E-state index < -0.39 is 0 Å². The van der Waals surface area contributed by atoms with Crippen molar-refractivity contribution in [2.75, 3.05) is 20.2 Å². The SMILES string of the molecule is CCCNCC(=O)c1c(C)cc(C)cc1OC. The van der Waals surface area contributed by atoms with Gasteiger partial charge in [-0.15, -0.1) is 0 Å². The standard InChI is InChI=1S/C14H21NO2/c1-5-6-15-9-12(16)14-11(3)7-10(2)8-13(14)17-4/h7-8,15H,5-6,9H2,1-4H3. The maximum atomic E-state index is 12.1. The Kier molecular flexibility index (Phi) is 5.16. The highest BCUT2D eigenvalue weighted by Gasteiger charge is 2.15. The van der Waals surface area contributed by atoms with E-state index in [1.807, 2.05) is 26.0 Å². The molecule has 0 atom stereocenters. The van der Waals surface area contributed by atoms with Crippen LogP contribution in [0, 0.1) is 13.8 Å². The Morgan fingerprint density at radius 1 is 1.35 bits per heavy atom. The van der Waals surface area contributed by atoms with Crippen molar-refractivity contribution in [1.82, 2.24) is 5.32 Å². The third-order valence-electron chi connectivity index (χ3n) is 2.65. The van der Waals surface area contributed by atoms with Gasteiger partial charge in [0.15, 0.2) is 5.78 Å². The van der Waals surface area contributed by atoms with Crippen LogP contribution in [0.3, 0.4) is 0 Å². The summed E-state index contributed by atoms with van der Waals surface area (Å²) in [5.41, 5.74) is 2.78. The van der Waals surface area contributed by atoms with Crippen molar-refractivity contribution in [3.8, 4) is 5.75 Å². The van der Waals surface area contributed by atoms with Crippen LogP contribution in [0.2, 0.25) is 0 Å². The first-order chi connectivity index (χ1) is 8.10. The van der Waals surface area contributed by atoms with Crippen molar-refractivity contribution >= 4 is 5.78 Å². The summed E-state index contributed by atoms with van der Waals surface area (Å²) in [6.45, 7) is 7.25. The number of rotatable bonds is 6. The Bertz CT molecular complexity index is 399. The van der Waals surface area contributed by atoms with Crippen LogP contribution in [0.4, 0.5) is 0 Å². The van der Waals surface area contributed by atoms with Gasteiger partial charge >= 0.3 is 0 Å². The van der Waals surface area contributed by atoms with Gasteiger partial charge in [0.1, 0.15) is 5.75 Å². The smallest absolute Gasteiger partial charge is 0.180 e. The van der Waals surface area contributed by atoms with Crippen LogP contribution in [0.15, 0.2) is 12.1 Å². The Labute approximate surface area is 103 Å². The molecule has 0 saturated carbocycles. The highest BCUT2D eigenvalue weighted by Crippen LogP contribution is 2.24. The maximum absolute atomic E-state index is 12.1. The van der Waals surface area contributed by atoms with Crippen LogP contribution in [-0.2, 0) is 0 Å². The van der Waals surface area contributed by atoms with Gasteiger partial charge in [0, 0.05) is 0 Å². The fraction of sp³-hybridized carbons (Fsp3) is 0.500. The number of hydrogen-bond donors (Lipinski definition) is 1. The molecule has 94 valence electrons. The molecule has 0 amide bonds. The molecule has 1 aromatic rings. The molecule has 0 aliphatic carbocycles. The molecule has 3 nitrogen and oxygen atoms in total. The van der Waals surface area contributed by atoms with Crippen molar-refractivity contribution in [3.63, 3.8) is 0 Å². The average Bonchev–Trinajstić information content (AvgIpc) is 2.27. The fourth-order valence-electron chi connectivity index (χ4n) is 1.91. The average molecular weight is 235 g/mol. The first-order valence-electron chi connectivity index (χ1n) is 5.99. The molecule has 1 aromatic carbocycles. The number of carbonyl (C=O) groups excluding carboxylic acids is 1. The molecule has 3 heteroatoms. The predicted octanol–water partition coefficient (Wildman–Crippen LogP) is 2.49. The first-order valence-corrected chi connectivity index (χ1v) is 5.99. The molecule has 17 heavy (non-hydrogen) atoms. The third-order valence-corrected chi connectivity index (χ3v) is 2.65. The minimum Gasteiger partial charge on any atom is -0.496 e. The van der Waals surface area contributed by atoms with Crippen molar-refractivity contribution < 1.29 is 9.53 Å². The molecule has 0 heterocycles. The molecule has 0 saturated heterocycles. The van der Waals surface area contributed by atoms with E-state index in [1.54, 1.807) is 7.11 Å². The number of carbonyl (C=O) groups is 1. The van der Waals surface area contributed by atoms with Crippen LogP contribution < -0.4 is 10.1 Å². The molecule has 0 aliphatic rings. The van der Waals surface area contributed by atoms with Crippen molar-refractivity contribution in [2.45, 2.75) is 27.2 Å². The highest BCUT2D eigenvalue weighted by molar-refractivity contribution is 6.01. The van der Waals surface area contributed by atoms with E-state index in [-0.39, 0.29) is 5.78 Å². The number of hydrogen-bond acceptors (Lipinski definition) is 3. The maximum Gasteiger partial charge on any atom is 0.180 e. The van der Waals surface area contributed by atoms with Crippen LogP contribution in [0.25, 0.3) is 0 Å². The van der Waals surface area contributed by atoms with Gasteiger partial charge in [-0.05, 0) is 44.0 Å². The largest absolute Gasteiger partial charge is 0.496 e. The normalized spacial score (nSPS) is 10.4. The van der Waals surface area contributed by atoms with Gasteiger partial charge in [0.2, 0.25) is 0 Å². The fourth-order valence-corrected chi connectivity index (χ4v) is 1.91. The second-order valence-corrected chi connectivity index (χ2v) is 4.26. The van der Waals surface area contributed by atoms with Crippen LogP contribution in [-0.4, -0.2) is 26.0 Å². The summed E-state index contributed by atoms with van der Waals surface area (Å²) in [7, 11) is 1.60. The minimum absolute atomic E-state index is 0.0906. The molecular formula is C14H21NO2. The number of ketones is 1. The second kappa shape index (κ2) is 6.40. The number of ether oxygens (including phenoxy) is 1. The topological polar surface area (TPSA) is 38.3 Å². The lowest BCUT2D eigenvalue weighted by atomic mass is 10.0. The Hall–Kier alpha value is -1.35. The summed E-state index contributed by atoms with van der Waals surface area (Å²) in [6.07, 6.45) is 1.03. The van der Waals surface area contributed by atoms with E-state index >= 15 is 0 Å². The van der Waals surface area contributed by atoms with Crippen LogP contribution in [0.5, 0.6) is 5.75 Å². The molecule has 0 aromatic heterocycles. The van der Waals surface area contributed by atoms with Crippen LogP contribution >= 0.6 is 0 Å². The van der Waals surface area contributed by atoms with Gasteiger partial charge < -0.3 is 10.1 Å². The van der Waals surface area contributed by atoms with Crippen molar-refractivity contribution in [3.05, 3.63) is 28.8 Å². The summed E-state index contributed by atoms with van der Waals surface area (Å²) < 4.78 is 5.29. The molecule has 0 fully saturated rings. The molecule has 0 spiro atoms. The lowest BCUT2D eigenvalue weighted by Crippen LogP contribution is -2.24. The lowest BCUT2D eigenvalue weighted by molar-refractivity contribution is 0.0988. The van der Waals surface area contributed by atoms with Gasteiger partial charge in [-0.3, -0.25) is 4.79 Å². The number of nitrogens with one attached hydrogen (secondary N) is 1. The summed E-state index contributed by atoms with van der Waals surface area (Å²) in [4.78, 5) is 12.1. The van der Waals surface area contributed by atoms with Crippen LogP contribution in [0.1, 0.15) is 34.8 Å².